The van der Waals surface area contributed by atoms with Crippen molar-refractivity contribution in [2.24, 2.45) is 0 Å². The summed E-state index contributed by atoms with van der Waals surface area (Å²) in [6.07, 6.45) is -0.737. The molecule has 0 fully saturated rings. The van der Waals surface area contributed by atoms with Crippen LogP contribution in [0.25, 0.3) is 0 Å². The molecule has 1 atom stereocenters. The minimum absolute atomic E-state index is 0.0559. The van der Waals surface area contributed by atoms with Crippen LogP contribution in [0.4, 0.5) is 4.39 Å². The van der Waals surface area contributed by atoms with Crippen molar-refractivity contribution < 1.29 is 14.3 Å². The van der Waals surface area contributed by atoms with Crippen LogP contribution in [0, 0.1) is 5.82 Å². The van der Waals surface area contributed by atoms with Crippen molar-refractivity contribution in [2.45, 2.75) is 32.4 Å². The van der Waals surface area contributed by atoms with Crippen LogP contribution in [-0.2, 0) is 0 Å². The summed E-state index contributed by atoms with van der Waals surface area (Å²) in [5.41, 5.74) is -0.757. The molecule has 0 heterocycles. The van der Waals surface area contributed by atoms with Gasteiger partial charge in [0.25, 0.3) is 5.91 Å². The maximum absolute atomic E-state index is 13.2. The first-order valence-corrected chi connectivity index (χ1v) is 5.58. The van der Waals surface area contributed by atoms with Crippen LogP contribution < -0.4 is 5.32 Å². The van der Waals surface area contributed by atoms with Crippen molar-refractivity contribution in [3.05, 3.63) is 34.6 Å². The summed E-state index contributed by atoms with van der Waals surface area (Å²) >= 11 is 5.70. The van der Waals surface area contributed by atoms with Gasteiger partial charge in [0.15, 0.2) is 0 Å². The lowest BCUT2D eigenvalue weighted by Gasteiger charge is -2.29. The zero-order valence-electron chi connectivity index (χ0n) is 9.92. The number of aliphatic hydroxyl groups is 1. The standard InChI is InChI=1S/C12H15ClFNO2/c1-7(16)12(2,3)15-11(17)8-5-4-6-9(14)10(8)13/h4-7,16H,1-3H3,(H,15,17). The van der Waals surface area contributed by atoms with E-state index in [0.29, 0.717) is 0 Å². The van der Waals surface area contributed by atoms with E-state index < -0.39 is 23.4 Å². The van der Waals surface area contributed by atoms with E-state index in [0.717, 1.165) is 0 Å². The molecule has 1 aromatic rings. The van der Waals surface area contributed by atoms with Crippen molar-refractivity contribution >= 4 is 17.5 Å². The summed E-state index contributed by atoms with van der Waals surface area (Å²) in [7, 11) is 0. The van der Waals surface area contributed by atoms with E-state index in [9.17, 15) is 14.3 Å². The average molecular weight is 260 g/mol. The van der Waals surface area contributed by atoms with Gasteiger partial charge in [0.05, 0.1) is 22.2 Å². The Labute approximate surface area is 105 Å². The maximum Gasteiger partial charge on any atom is 0.253 e. The van der Waals surface area contributed by atoms with Crippen LogP contribution in [0.2, 0.25) is 5.02 Å². The molecule has 0 radical (unpaired) electrons. The first-order chi connectivity index (χ1) is 7.75. The SMILES string of the molecule is CC(O)C(C)(C)NC(=O)c1cccc(F)c1Cl. The summed E-state index contributed by atoms with van der Waals surface area (Å²) in [5.74, 6) is -1.16. The molecule has 0 saturated heterocycles. The summed E-state index contributed by atoms with van der Waals surface area (Å²) in [6, 6.07) is 4.02. The third-order valence-electron chi connectivity index (χ3n) is 2.68. The van der Waals surface area contributed by atoms with Gasteiger partial charge in [-0.3, -0.25) is 4.79 Å². The molecule has 0 aliphatic heterocycles. The predicted octanol–water partition coefficient (Wildman–Crippen LogP) is 2.37. The second-order valence-corrected chi connectivity index (χ2v) is 4.83. The van der Waals surface area contributed by atoms with E-state index in [4.69, 9.17) is 11.6 Å². The van der Waals surface area contributed by atoms with Gasteiger partial charge in [0, 0.05) is 0 Å². The highest BCUT2D eigenvalue weighted by Crippen LogP contribution is 2.20. The molecule has 1 aromatic carbocycles. The van der Waals surface area contributed by atoms with E-state index in [1.54, 1.807) is 20.8 Å². The van der Waals surface area contributed by atoms with Gasteiger partial charge in [-0.15, -0.1) is 0 Å². The first kappa shape index (κ1) is 13.9. The molecule has 0 aromatic heterocycles. The average Bonchev–Trinajstić information content (AvgIpc) is 2.21. The Balaban J connectivity index is 2.95. The Morgan fingerprint density at radius 3 is 2.65 bits per heavy atom. The minimum Gasteiger partial charge on any atom is -0.391 e. The van der Waals surface area contributed by atoms with Crippen LogP contribution in [-0.4, -0.2) is 22.7 Å². The van der Waals surface area contributed by atoms with Gasteiger partial charge in [-0.1, -0.05) is 17.7 Å². The Kier molecular flexibility index (Phi) is 4.11. The molecule has 0 bridgehead atoms. The molecular formula is C12H15ClFNO2. The molecule has 1 unspecified atom stereocenters. The number of amides is 1. The van der Waals surface area contributed by atoms with E-state index in [1.807, 2.05) is 0 Å². The minimum atomic E-state index is -0.813. The number of benzene rings is 1. The van der Waals surface area contributed by atoms with Gasteiger partial charge in [-0.25, -0.2) is 4.39 Å². The number of nitrogens with one attached hydrogen (secondary N) is 1. The van der Waals surface area contributed by atoms with Gasteiger partial charge in [0.1, 0.15) is 5.82 Å². The number of aliphatic hydroxyl groups excluding tert-OH is 1. The molecule has 17 heavy (non-hydrogen) atoms. The fourth-order valence-corrected chi connectivity index (χ4v) is 1.36. The van der Waals surface area contributed by atoms with Crippen molar-refractivity contribution in [3.8, 4) is 0 Å². The number of hydrogen-bond acceptors (Lipinski definition) is 2. The lowest BCUT2D eigenvalue weighted by molar-refractivity contribution is 0.0709. The summed E-state index contributed by atoms with van der Waals surface area (Å²) in [4.78, 5) is 11.9. The van der Waals surface area contributed by atoms with Gasteiger partial charge < -0.3 is 10.4 Å². The Morgan fingerprint density at radius 1 is 1.53 bits per heavy atom. The molecule has 0 aliphatic carbocycles. The van der Waals surface area contributed by atoms with Crippen LogP contribution in [0.3, 0.4) is 0 Å². The Morgan fingerprint density at radius 2 is 2.12 bits per heavy atom. The molecule has 2 N–H and O–H groups in total. The third kappa shape index (κ3) is 3.17. The molecular weight excluding hydrogens is 245 g/mol. The van der Waals surface area contributed by atoms with Crippen LogP contribution in [0.1, 0.15) is 31.1 Å². The van der Waals surface area contributed by atoms with E-state index in [2.05, 4.69) is 5.32 Å². The Hall–Kier alpha value is -1.13. The molecule has 3 nitrogen and oxygen atoms in total. The van der Waals surface area contributed by atoms with Crippen LogP contribution >= 0.6 is 11.6 Å². The summed E-state index contributed by atoms with van der Waals surface area (Å²) < 4.78 is 13.2. The number of halogens is 2. The highest BCUT2D eigenvalue weighted by molar-refractivity contribution is 6.34. The van der Waals surface area contributed by atoms with Crippen molar-refractivity contribution in [2.75, 3.05) is 0 Å². The smallest absolute Gasteiger partial charge is 0.253 e. The van der Waals surface area contributed by atoms with E-state index in [1.165, 1.54) is 18.2 Å². The largest absolute Gasteiger partial charge is 0.391 e. The zero-order valence-corrected chi connectivity index (χ0v) is 10.7. The molecule has 5 heteroatoms. The quantitative estimate of drug-likeness (QED) is 0.876. The van der Waals surface area contributed by atoms with E-state index in [-0.39, 0.29) is 10.6 Å². The second kappa shape index (κ2) is 5.02. The Bertz CT molecular complexity index is 433. The maximum atomic E-state index is 13.2. The highest BCUT2D eigenvalue weighted by Gasteiger charge is 2.27. The predicted molar refractivity (Wildman–Crippen MR) is 64.6 cm³/mol. The lowest BCUT2D eigenvalue weighted by Crippen LogP contribution is -2.51. The number of carbonyl (C=O) groups excluding carboxylic acids is 1. The molecule has 1 amide bonds. The number of rotatable bonds is 3. The van der Waals surface area contributed by atoms with Crippen molar-refractivity contribution in [3.63, 3.8) is 0 Å². The molecule has 1 rings (SSSR count). The lowest BCUT2D eigenvalue weighted by atomic mass is 9.98. The van der Waals surface area contributed by atoms with Crippen molar-refractivity contribution in [1.29, 1.82) is 0 Å². The molecule has 0 spiro atoms. The van der Waals surface area contributed by atoms with Crippen LogP contribution in [0.15, 0.2) is 18.2 Å². The van der Waals surface area contributed by atoms with Gasteiger partial charge in [0.2, 0.25) is 0 Å². The summed E-state index contributed by atoms with van der Waals surface area (Å²) in [6.45, 7) is 4.90. The normalized spacial score (nSPS) is 13.3. The van der Waals surface area contributed by atoms with Crippen molar-refractivity contribution in [1.82, 2.24) is 5.32 Å². The molecule has 94 valence electrons. The van der Waals surface area contributed by atoms with E-state index >= 15 is 0 Å². The van der Waals surface area contributed by atoms with Gasteiger partial charge >= 0.3 is 0 Å². The topological polar surface area (TPSA) is 49.3 Å². The van der Waals surface area contributed by atoms with Crippen LogP contribution in [0.5, 0.6) is 0 Å². The fourth-order valence-electron chi connectivity index (χ4n) is 1.14. The number of carbonyl (C=O) groups is 1. The monoisotopic (exact) mass is 259 g/mol. The fraction of sp³-hybridized carbons (Fsp3) is 0.417. The number of hydrogen-bond donors (Lipinski definition) is 2. The molecule has 0 saturated carbocycles. The zero-order chi connectivity index (χ0) is 13.2. The van der Waals surface area contributed by atoms with Gasteiger partial charge in [-0.2, -0.15) is 0 Å². The second-order valence-electron chi connectivity index (χ2n) is 4.45. The first-order valence-electron chi connectivity index (χ1n) is 5.20. The third-order valence-corrected chi connectivity index (χ3v) is 3.06. The van der Waals surface area contributed by atoms with Gasteiger partial charge in [-0.05, 0) is 32.9 Å². The summed E-state index contributed by atoms with van der Waals surface area (Å²) in [5, 5.41) is 11.9. The highest BCUT2D eigenvalue weighted by atomic mass is 35.5. The molecule has 0 aliphatic rings.